The summed E-state index contributed by atoms with van der Waals surface area (Å²) < 4.78 is 0. The average Bonchev–Trinajstić information content (AvgIpc) is 2.03. The summed E-state index contributed by atoms with van der Waals surface area (Å²) in [4.78, 5) is 0. The van der Waals surface area contributed by atoms with Gasteiger partial charge in [0.25, 0.3) is 0 Å². The van der Waals surface area contributed by atoms with E-state index in [9.17, 15) is 0 Å². The summed E-state index contributed by atoms with van der Waals surface area (Å²) in [5, 5.41) is 3.41. The summed E-state index contributed by atoms with van der Waals surface area (Å²) in [7, 11) is 0. The molecular weight excluding hydrogens is 170 g/mol. The van der Waals surface area contributed by atoms with Crippen molar-refractivity contribution < 1.29 is 0 Å². The number of rotatable bonds is 8. The minimum atomic E-state index is 0. The third-order valence-electron chi connectivity index (χ3n) is 1.72. The van der Waals surface area contributed by atoms with E-state index < -0.39 is 0 Å². The highest BCUT2D eigenvalue weighted by molar-refractivity contribution is 5.85. The maximum Gasteiger partial charge on any atom is -0.00460 e. The second-order valence-electron chi connectivity index (χ2n) is 2.89. The first kappa shape index (κ1) is 14.5. The fraction of sp³-hybridized carbons (Fsp3) is 0.800. The zero-order valence-corrected chi connectivity index (χ0v) is 8.96. The van der Waals surface area contributed by atoms with Crippen LogP contribution in [0.15, 0.2) is 12.7 Å². The van der Waals surface area contributed by atoms with Gasteiger partial charge in [0.1, 0.15) is 0 Å². The van der Waals surface area contributed by atoms with Crippen LogP contribution in [0, 0.1) is 0 Å². The van der Waals surface area contributed by atoms with Gasteiger partial charge in [-0.05, 0) is 32.4 Å². The summed E-state index contributed by atoms with van der Waals surface area (Å²) in [5.74, 6) is 0. The fourth-order valence-electron chi connectivity index (χ4n) is 0.996. The molecule has 0 aliphatic heterocycles. The Hall–Kier alpha value is -0.0100. The summed E-state index contributed by atoms with van der Waals surface area (Å²) in [5.41, 5.74) is 0. The van der Waals surface area contributed by atoms with E-state index in [-0.39, 0.29) is 12.4 Å². The third kappa shape index (κ3) is 12.6. The van der Waals surface area contributed by atoms with E-state index in [1.165, 1.54) is 32.2 Å². The van der Waals surface area contributed by atoms with Crippen LogP contribution in [0.25, 0.3) is 0 Å². The van der Waals surface area contributed by atoms with Crippen LogP contribution in [0.4, 0.5) is 0 Å². The molecule has 0 bridgehead atoms. The van der Waals surface area contributed by atoms with E-state index in [0.717, 1.165) is 13.0 Å². The molecule has 0 unspecified atom stereocenters. The number of hydrogen-bond acceptors (Lipinski definition) is 1. The largest absolute Gasteiger partial charge is 0.317 e. The van der Waals surface area contributed by atoms with E-state index in [4.69, 9.17) is 0 Å². The van der Waals surface area contributed by atoms with Crippen molar-refractivity contribution in [1.29, 1.82) is 0 Å². The first-order valence-electron chi connectivity index (χ1n) is 4.73. The Labute approximate surface area is 83.0 Å². The van der Waals surface area contributed by atoms with Gasteiger partial charge in [0.2, 0.25) is 0 Å². The molecule has 0 amide bonds. The molecule has 0 spiro atoms. The lowest BCUT2D eigenvalue weighted by atomic mass is 10.2. The van der Waals surface area contributed by atoms with Crippen LogP contribution >= 0.6 is 12.4 Å². The van der Waals surface area contributed by atoms with Gasteiger partial charge >= 0.3 is 0 Å². The molecular formula is C10H22ClN. The summed E-state index contributed by atoms with van der Waals surface area (Å²) in [6, 6.07) is 0. The highest BCUT2D eigenvalue weighted by atomic mass is 35.5. The monoisotopic (exact) mass is 191 g/mol. The standard InChI is InChI=1S/C10H21N.ClH/c1-3-5-7-9-11-10-8-6-4-2;/h3,11H,1,4-10H2,2H3;1H. The van der Waals surface area contributed by atoms with Crippen molar-refractivity contribution in [2.45, 2.75) is 39.0 Å². The van der Waals surface area contributed by atoms with Crippen LogP contribution in [0.3, 0.4) is 0 Å². The van der Waals surface area contributed by atoms with Crippen molar-refractivity contribution in [1.82, 2.24) is 5.32 Å². The Kier molecular flexibility index (Phi) is 16.4. The lowest BCUT2D eigenvalue weighted by molar-refractivity contribution is 0.602. The normalized spacial score (nSPS) is 9.08. The van der Waals surface area contributed by atoms with Crippen LogP contribution in [-0.2, 0) is 0 Å². The second kappa shape index (κ2) is 13.6. The predicted molar refractivity (Wildman–Crippen MR) is 59.1 cm³/mol. The molecule has 0 aliphatic rings. The van der Waals surface area contributed by atoms with Crippen LogP contribution in [-0.4, -0.2) is 13.1 Å². The van der Waals surface area contributed by atoms with Crippen molar-refractivity contribution in [3.05, 3.63) is 12.7 Å². The number of hydrogen-bond donors (Lipinski definition) is 1. The first-order chi connectivity index (χ1) is 5.41. The molecule has 0 saturated carbocycles. The van der Waals surface area contributed by atoms with Crippen molar-refractivity contribution in [2.75, 3.05) is 13.1 Å². The molecule has 0 saturated heterocycles. The van der Waals surface area contributed by atoms with E-state index in [2.05, 4.69) is 18.8 Å². The maximum atomic E-state index is 3.68. The molecule has 0 aliphatic carbocycles. The minimum Gasteiger partial charge on any atom is -0.317 e. The van der Waals surface area contributed by atoms with Gasteiger partial charge in [-0.15, -0.1) is 19.0 Å². The Balaban J connectivity index is 0. The maximum absolute atomic E-state index is 3.68. The predicted octanol–water partition coefficient (Wildman–Crippen LogP) is 3.15. The van der Waals surface area contributed by atoms with Gasteiger partial charge in [-0.2, -0.15) is 0 Å². The molecule has 0 rings (SSSR count). The molecule has 0 atom stereocenters. The van der Waals surface area contributed by atoms with Gasteiger partial charge < -0.3 is 5.32 Å². The second-order valence-corrected chi connectivity index (χ2v) is 2.89. The Morgan fingerprint density at radius 1 is 1.17 bits per heavy atom. The van der Waals surface area contributed by atoms with Crippen molar-refractivity contribution in [3.8, 4) is 0 Å². The van der Waals surface area contributed by atoms with Crippen molar-refractivity contribution >= 4 is 12.4 Å². The molecule has 0 aromatic heterocycles. The molecule has 0 heterocycles. The summed E-state index contributed by atoms with van der Waals surface area (Å²) >= 11 is 0. The first-order valence-corrected chi connectivity index (χ1v) is 4.73. The molecule has 1 N–H and O–H groups in total. The molecule has 1 nitrogen and oxygen atoms in total. The van der Waals surface area contributed by atoms with Crippen LogP contribution in [0.1, 0.15) is 39.0 Å². The van der Waals surface area contributed by atoms with Gasteiger partial charge in [-0.1, -0.05) is 25.8 Å². The molecule has 2 heteroatoms. The molecule has 0 fully saturated rings. The Morgan fingerprint density at radius 3 is 2.42 bits per heavy atom. The van der Waals surface area contributed by atoms with Gasteiger partial charge in [-0.3, -0.25) is 0 Å². The van der Waals surface area contributed by atoms with Crippen LogP contribution in [0.2, 0.25) is 0 Å². The number of halogens is 1. The van der Waals surface area contributed by atoms with Gasteiger partial charge in [-0.25, -0.2) is 0 Å². The van der Waals surface area contributed by atoms with E-state index in [1.54, 1.807) is 0 Å². The number of nitrogens with one attached hydrogen (secondary N) is 1. The van der Waals surface area contributed by atoms with Crippen LogP contribution < -0.4 is 5.32 Å². The molecule has 74 valence electrons. The van der Waals surface area contributed by atoms with E-state index in [1.807, 2.05) is 6.08 Å². The topological polar surface area (TPSA) is 12.0 Å². The molecule has 0 aromatic rings. The fourth-order valence-corrected chi connectivity index (χ4v) is 0.996. The Morgan fingerprint density at radius 2 is 1.83 bits per heavy atom. The highest BCUT2D eigenvalue weighted by Gasteiger charge is 1.86. The average molecular weight is 192 g/mol. The lowest BCUT2D eigenvalue weighted by Gasteiger charge is -2.01. The molecule has 12 heavy (non-hydrogen) atoms. The molecule has 0 aromatic carbocycles. The lowest BCUT2D eigenvalue weighted by Crippen LogP contribution is -2.16. The summed E-state index contributed by atoms with van der Waals surface area (Å²) in [6.07, 6.45) is 8.34. The number of unbranched alkanes of at least 4 members (excludes halogenated alkanes) is 3. The van der Waals surface area contributed by atoms with Gasteiger partial charge in [0.15, 0.2) is 0 Å². The SMILES string of the molecule is C=CCCCNCCCCC.Cl. The van der Waals surface area contributed by atoms with Gasteiger partial charge in [0, 0.05) is 0 Å². The smallest absolute Gasteiger partial charge is 0.00460 e. The summed E-state index contributed by atoms with van der Waals surface area (Å²) in [6.45, 7) is 8.25. The highest BCUT2D eigenvalue weighted by Crippen LogP contribution is 1.91. The Bertz CT molecular complexity index is 83.9. The van der Waals surface area contributed by atoms with Crippen LogP contribution in [0.5, 0.6) is 0 Å². The molecule has 0 radical (unpaired) electrons. The van der Waals surface area contributed by atoms with E-state index >= 15 is 0 Å². The van der Waals surface area contributed by atoms with E-state index in [0.29, 0.717) is 0 Å². The quantitative estimate of drug-likeness (QED) is 0.459. The van der Waals surface area contributed by atoms with Crippen molar-refractivity contribution in [3.63, 3.8) is 0 Å². The zero-order valence-electron chi connectivity index (χ0n) is 8.14. The third-order valence-corrected chi connectivity index (χ3v) is 1.72. The van der Waals surface area contributed by atoms with Crippen molar-refractivity contribution in [2.24, 2.45) is 0 Å². The zero-order chi connectivity index (χ0) is 8.36. The minimum absolute atomic E-state index is 0. The van der Waals surface area contributed by atoms with Gasteiger partial charge in [0.05, 0.1) is 0 Å². The number of allylic oxidation sites excluding steroid dienone is 1.